The Bertz CT molecular complexity index is 1690. The summed E-state index contributed by atoms with van der Waals surface area (Å²) in [4.78, 5) is 9.41. The second kappa shape index (κ2) is 9.86. The molecule has 0 radical (unpaired) electrons. The van der Waals surface area contributed by atoms with Crippen molar-refractivity contribution in [1.82, 2.24) is 35.0 Å². The van der Waals surface area contributed by atoms with Gasteiger partial charge in [0.2, 0.25) is 12.1 Å². The summed E-state index contributed by atoms with van der Waals surface area (Å²) in [7, 11) is 1.53. The Balaban J connectivity index is 1.45. The first kappa shape index (κ1) is 25.1. The van der Waals surface area contributed by atoms with E-state index in [2.05, 4.69) is 25.6 Å². The van der Waals surface area contributed by atoms with E-state index in [1.54, 1.807) is 34.1 Å². The fraction of sp³-hybridized carbons (Fsp3) is 0.200. The molecule has 0 amide bonds. The van der Waals surface area contributed by atoms with Gasteiger partial charge in [-0.1, -0.05) is 23.2 Å². The van der Waals surface area contributed by atoms with Crippen molar-refractivity contribution in [3.05, 3.63) is 82.3 Å². The molecule has 0 saturated heterocycles. The van der Waals surface area contributed by atoms with Crippen molar-refractivity contribution in [1.29, 1.82) is 0 Å². The van der Waals surface area contributed by atoms with E-state index < -0.39 is 11.8 Å². The number of aromatic nitrogens is 8. The number of hydrogen-bond acceptors (Lipinski definition) is 7. The van der Waals surface area contributed by atoms with Gasteiger partial charge >= 0.3 is 0 Å². The van der Waals surface area contributed by atoms with Crippen LogP contribution >= 0.6 is 23.2 Å². The van der Waals surface area contributed by atoms with Gasteiger partial charge in [0.1, 0.15) is 25.3 Å². The zero-order valence-electron chi connectivity index (χ0n) is 20.4. The fourth-order valence-electron chi connectivity index (χ4n) is 4.97. The van der Waals surface area contributed by atoms with Crippen LogP contribution in [0.1, 0.15) is 30.1 Å². The number of nitrogen functional groups attached to an aromatic ring is 1. The monoisotopic (exact) mass is 570 g/mol. The number of rotatable bonds is 5. The summed E-state index contributed by atoms with van der Waals surface area (Å²) in [6.45, 7) is 0. The highest BCUT2D eigenvalue weighted by Gasteiger charge is 2.35. The fourth-order valence-corrected chi connectivity index (χ4v) is 5.28. The van der Waals surface area contributed by atoms with Crippen molar-refractivity contribution in [3.8, 4) is 27.9 Å². The molecule has 10 nitrogen and oxygen atoms in total. The van der Waals surface area contributed by atoms with E-state index in [-0.39, 0.29) is 33.0 Å². The summed E-state index contributed by atoms with van der Waals surface area (Å²) >= 11 is 12.2. The lowest BCUT2D eigenvalue weighted by molar-refractivity contribution is -0.891. The molecule has 2 N–H and O–H groups in total. The summed E-state index contributed by atoms with van der Waals surface area (Å²) in [5, 5.41) is 15.9. The van der Waals surface area contributed by atoms with E-state index in [0.29, 0.717) is 16.8 Å². The van der Waals surface area contributed by atoms with Gasteiger partial charge in [0.15, 0.2) is 5.82 Å². The summed E-state index contributed by atoms with van der Waals surface area (Å²) in [5.74, 6) is -1.42. The van der Waals surface area contributed by atoms with Crippen molar-refractivity contribution >= 4 is 29.0 Å². The third-order valence-corrected chi connectivity index (χ3v) is 7.33. The second-order valence-corrected chi connectivity index (χ2v) is 9.78. The maximum Gasteiger partial charge on any atom is 0.261 e. The van der Waals surface area contributed by atoms with Crippen LogP contribution in [0.5, 0.6) is 0 Å². The second-order valence-electron chi connectivity index (χ2n) is 8.97. The maximum atomic E-state index is 15.5. The van der Waals surface area contributed by atoms with E-state index in [0.717, 1.165) is 30.5 Å². The molecule has 14 heteroatoms. The van der Waals surface area contributed by atoms with Crippen LogP contribution in [0.15, 0.2) is 49.2 Å². The van der Waals surface area contributed by atoms with Gasteiger partial charge in [-0.3, -0.25) is 9.52 Å². The normalized spacial score (nSPS) is 14.8. The van der Waals surface area contributed by atoms with Crippen LogP contribution in [0.3, 0.4) is 0 Å². The highest BCUT2D eigenvalue weighted by Crippen LogP contribution is 2.37. The Kier molecular flexibility index (Phi) is 6.35. The van der Waals surface area contributed by atoms with Gasteiger partial charge in [0, 0.05) is 27.6 Å². The Labute approximate surface area is 230 Å². The summed E-state index contributed by atoms with van der Waals surface area (Å²) in [6.07, 6.45) is 8.66. The zero-order chi connectivity index (χ0) is 27.3. The third kappa shape index (κ3) is 4.35. The van der Waals surface area contributed by atoms with Crippen LogP contribution in [0.4, 0.5) is 14.6 Å². The van der Waals surface area contributed by atoms with E-state index in [1.165, 1.54) is 30.3 Å². The van der Waals surface area contributed by atoms with Gasteiger partial charge in [-0.05, 0) is 54.0 Å². The first-order chi connectivity index (χ1) is 18.9. The number of pyridine rings is 2. The SMILES string of the molecule is CO[n+]1cc(-c2c(-n3cnnn3)ccc(Cl)c2F)cc2c1C(n1cc(-c3cc(Cl)c(N)nc3F)cn1)CCC2. The molecule has 4 heterocycles. The van der Waals surface area contributed by atoms with Crippen LogP contribution in [0.25, 0.3) is 27.9 Å². The molecule has 1 unspecified atom stereocenters. The molecule has 1 atom stereocenters. The molecule has 0 fully saturated rings. The molecule has 4 aromatic heterocycles. The molecule has 0 aliphatic heterocycles. The molecule has 1 aliphatic carbocycles. The molecule has 39 heavy (non-hydrogen) atoms. The molecular formula is C25H20Cl2F2N9O+. The lowest BCUT2D eigenvalue weighted by atomic mass is 9.89. The van der Waals surface area contributed by atoms with E-state index in [9.17, 15) is 4.39 Å². The van der Waals surface area contributed by atoms with Crippen LogP contribution in [-0.2, 0) is 6.42 Å². The number of halogens is 4. The number of anilines is 1. The lowest BCUT2D eigenvalue weighted by Gasteiger charge is -2.23. The van der Waals surface area contributed by atoms with Crippen molar-refractivity contribution in [3.63, 3.8) is 0 Å². The summed E-state index contributed by atoms with van der Waals surface area (Å²) in [6, 6.07) is 6.21. The van der Waals surface area contributed by atoms with Gasteiger partial charge in [0.05, 0.1) is 33.1 Å². The molecule has 1 aliphatic rings. The molecular weight excluding hydrogens is 551 g/mol. The lowest BCUT2D eigenvalue weighted by Crippen LogP contribution is -2.48. The van der Waals surface area contributed by atoms with Crippen LogP contribution in [0, 0.1) is 11.8 Å². The molecule has 5 aromatic rings. The average molecular weight is 571 g/mol. The largest absolute Gasteiger partial charge is 0.382 e. The summed E-state index contributed by atoms with van der Waals surface area (Å²) < 4.78 is 34.7. The molecule has 1 aromatic carbocycles. The smallest absolute Gasteiger partial charge is 0.261 e. The van der Waals surface area contributed by atoms with E-state index >= 15 is 4.39 Å². The summed E-state index contributed by atoms with van der Waals surface area (Å²) in [5.41, 5.74) is 9.28. The predicted octanol–water partition coefficient (Wildman–Crippen LogP) is 4.03. The third-order valence-electron chi connectivity index (χ3n) is 6.73. The minimum absolute atomic E-state index is 0.0325. The maximum absolute atomic E-state index is 15.5. The van der Waals surface area contributed by atoms with E-state index in [4.69, 9.17) is 33.8 Å². The van der Waals surface area contributed by atoms with Gasteiger partial charge in [-0.25, -0.2) is 9.37 Å². The highest BCUT2D eigenvalue weighted by molar-refractivity contribution is 6.33. The molecule has 0 spiro atoms. The first-order valence-electron chi connectivity index (χ1n) is 11.9. The van der Waals surface area contributed by atoms with Crippen LogP contribution in [-0.4, -0.2) is 42.1 Å². The van der Waals surface area contributed by atoms with Gasteiger partial charge in [-0.2, -0.15) is 14.2 Å². The minimum atomic E-state index is -0.737. The standard InChI is InChI=1S/C25H20Cl2F2N9O/c1-39-38-11-14(21-19(37-12-31-34-35-37)6-5-17(26)22(21)28)7-13-3-2-4-20(23(13)38)36-10-15(9-32-36)16-8-18(27)25(30)33-24(16)29/h5-12,20H,2-4H2,1H3,(H2,30,33)/q+1. The highest BCUT2D eigenvalue weighted by atomic mass is 35.5. The molecule has 0 bridgehead atoms. The average Bonchev–Trinajstić information content (AvgIpc) is 3.64. The number of hydrogen-bond donors (Lipinski definition) is 1. The van der Waals surface area contributed by atoms with Crippen molar-refractivity contribution in [2.24, 2.45) is 0 Å². The Hall–Kier alpha value is -4.16. The molecule has 198 valence electrons. The zero-order valence-corrected chi connectivity index (χ0v) is 21.9. The van der Waals surface area contributed by atoms with Crippen molar-refractivity contribution in [2.75, 3.05) is 12.8 Å². The number of benzene rings is 1. The van der Waals surface area contributed by atoms with Gasteiger partial charge in [0.25, 0.3) is 5.69 Å². The number of nitrogens with two attached hydrogens (primary N) is 1. The van der Waals surface area contributed by atoms with E-state index in [1.807, 2.05) is 6.07 Å². The Morgan fingerprint density at radius 2 is 2.00 bits per heavy atom. The van der Waals surface area contributed by atoms with Gasteiger partial charge in [-0.15, -0.1) is 5.10 Å². The van der Waals surface area contributed by atoms with Crippen LogP contribution < -0.4 is 15.3 Å². The Morgan fingerprint density at radius 3 is 2.77 bits per heavy atom. The number of tetrazole rings is 1. The van der Waals surface area contributed by atoms with Gasteiger partial charge < -0.3 is 5.73 Å². The number of fused-ring (bicyclic) bond motifs is 1. The van der Waals surface area contributed by atoms with Crippen molar-refractivity contribution < 1.29 is 18.3 Å². The number of nitrogens with zero attached hydrogens (tertiary/aromatic N) is 8. The van der Waals surface area contributed by atoms with Crippen LogP contribution in [0.2, 0.25) is 10.0 Å². The number of aryl methyl sites for hydroxylation is 1. The quantitative estimate of drug-likeness (QED) is 0.250. The predicted molar refractivity (Wildman–Crippen MR) is 138 cm³/mol. The Morgan fingerprint density at radius 1 is 1.15 bits per heavy atom. The van der Waals surface area contributed by atoms with Crippen molar-refractivity contribution in [2.45, 2.75) is 25.3 Å². The topological polar surface area (TPSA) is 113 Å². The first-order valence-corrected chi connectivity index (χ1v) is 12.6. The minimum Gasteiger partial charge on any atom is -0.382 e. The molecule has 6 rings (SSSR count). The molecule has 0 saturated carbocycles.